The Hall–Kier alpha value is -1.16. The van der Waals surface area contributed by atoms with E-state index in [1.807, 2.05) is 18.2 Å². The number of rotatable bonds is 3. The van der Waals surface area contributed by atoms with Crippen LogP contribution in [0.5, 0.6) is 0 Å². The summed E-state index contributed by atoms with van der Waals surface area (Å²) in [6.45, 7) is 0. The molecule has 0 radical (unpaired) electrons. The summed E-state index contributed by atoms with van der Waals surface area (Å²) in [5, 5.41) is 0. The van der Waals surface area contributed by atoms with Crippen molar-refractivity contribution in [1.82, 2.24) is 0 Å². The number of sulfone groups is 1. The molecule has 1 saturated carbocycles. The van der Waals surface area contributed by atoms with Gasteiger partial charge in [0.05, 0.1) is 11.5 Å². The maximum absolute atomic E-state index is 12.4. The lowest BCUT2D eigenvalue weighted by atomic mass is 9.79. The molecule has 2 aliphatic rings. The largest absolute Gasteiger partial charge is 0.294 e. The summed E-state index contributed by atoms with van der Waals surface area (Å²) in [5.41, 5.74) is 1.92. The third kappa shape index (κ3) is 2.59. The van der Waals surface area contributed by atoms with Crippen LogP contribution in [-0.4, -0.2) is 25.7 Å². The van der Waals surface area contributed by atoms with Gasteiger partial charge in [-0.1, -0.05) is 24.6 Å². The second-order valence-electron chi connectivity index (χ2n) is 5.72. The molecule has 1 saturated heterocycles. The van der Waals surface area contributed by atoms with Crippen LogP contribution in [0.4, 0.5) is 0 Å². The van der Waals surface area contributed by atoms with Gasteiger partial charge < -0.3 is 0 Å². The third-order valence-corrected chi connectivity index (χ3v) is 6.12. The smallest absolute Gasteiger partial charge is 0.166 e. The molecule has 2 fully saturated rings. The minimum absolute atomic E-state index is 0.00208. The molecular formula is C15H18O3S. The number of hydrogen-bond acceptors (Lipinski definition) is 3. The Balaban J connectivity index is 1.80. The van der Waals surface area contributed by atoms with E-state index in [1.165, 1.54) is 24.8 Å². The Morgan fingerprint density at radius 2 is 1.95 bits per heavy atom. The van der Waals surface area contributed by atoms with Gasteiger partial charge in [-0.3, -0.25) is 4.79 Å². The van der Waals surface area contributed by atoms with Crippen molar-refractivity contribution in [1.29, 1.82) is 0 Å². The van der Waals surface area contributed by atoms with Gasteiger partial charge in [-0.25, -0.2) is 8.42 Å². The van der Waals surface area contributed by atoms with E-state index in [0.29, 0.717) is 17.9 Å². The zero-order valence-electron chi connectivity index (χ0n) is 10.8. The van der Waals surface area contributed by atoms with Crippen LogP contribution in [0.15, 0.2) is 24.3 Å². The molecule has 3 nitrogen and oxygen atoms in total. The predicted octanol–water partition coefficient (Wildman–Crippen LogP) is 2.57. The van der Waals surface area contributed by atoms with Crippen LogP contribution < -0.4 is 0 Å². The van der Waals surface area contributed by atoms with Crippen molar-refractivity contribution in [2.24, 2.45) is 5.92 Å². The van der Waals surface area contributed by atoms with Gasteiger partial charge in [-0.05, 0) is 36.8 Å². The van der Waals surface area contributed by atoms with Crippen molar-refractivity contribution in [2.75, 3.05) is 11.5 Å². The molecule has 0 N–H and O–H groups in total. The van der Waals surface area contributed by atoms with Crippen LogP contribution in [0.2, 0.25) is 0 Å². The first-order valence-electron chi connectivity index (χ1n) is 6.90. The van der Waals surface area contributed by atoms with Crippen molar-refractivity contribution >= 4 is 15.6 Å². The molecule has 19 heavy (non-hydrogen) atoms. The molecule has 1 aromatic carbocycles. The predicted molar refractivity (Wildman–Crippen MR) is 74.1 cm³/mol. The van der Waals surface area contributed by atoms with E-state index in [4.69, 9.17) is 0 Å². The first kappa shape index (κ1) is 12.9. The molecule has 0 bridgehead atoms. The van der Waals surface area contributed by atoms with Crippen LogP contribution in [-0.2, 0) is 9.84 Å². The second-order valence-corrected chi connectivity index (χ2v) is 7.95. The lowest BCUT2D eigenvalue weighted by Crippen LogP contribution is -2.17. The fourth-order valence-electron chi connectivity index (χ4n) is 2.92. The van der Waals surface area contributed by atoms with Gasteiger partial charge in [0.2, 0.25) is 0 Å². The van der Waals surface area contributed by atoms with Crippen molar-refractivity contribution < 1.29 is 13.2 Å². The maximum Gasteiger partial charge on any atom is 0.166 e. The van der Waals surface area contributed by atoms with Crippen LogP contribution >= 0.6 is 0 Å². The van der Waals surface area contributed by atoms with E-state index in [0.717, 1.165) is 0 Å². The van der Waals surface area contributed by atoms with Crippen LogP contribution in [0.25, 0.3) is 0 Å². The highest BCUT2D eigenvalue weighted by Crippen LogP contribution is 2.36. The average molecular weight is 278 g/mol. The van der Waals surface area contributed by atoms with Gasteiger partial charge in [-0.2, -0.15) is 0 Å². The van der Waals surface area contributed by atoms with Gasteiger partial charge in [0.15, 0.2) is 15.6 Å². The lowest BCUT2D eigenvalue weighted by molar-refractivity contribution is 0.0933. The molecule has 102 valence electrons. The minimum atomic E-state index is -2.99. The fraction of sp³-hybridized carbons (Fsp3) is 0.533. The number of carbonyl (C=O) groups excluding carboxylic acids is 1. The summed E-state index contributed by atoms with van der Waals surface area (Å²) in [5.74, 6) is 0.453. The number of carbonyl (C=O) groups is 1. The standard InChI is InChI=1S/C15H18O3S/c16-15(14-7-8-19(17,18)10-14)13-6-2-5-12(9-13)11-3-1-4-11/h2,5-6,9,11,14H,1,3-4,7-8,10H2. The summed E-state index contributed by atoms with van der Waals surface area (Å²) in [6, 6.07) is 7.78. The van der Waals surface area contributed by atoms with Gasteiger partial charge >= 0.3 is 0 Å². The molecule has 1 unspecified atom stereocenters. The fourth-order valence-corrected chi connectivity index (χ4v) is 4.67. The number of Topliss-reactive ketones (excluding diaryl/α,β-unsaturated/α-hetero) is 1. The molecule has 1 heterocycles. The highest BCUT2D eigenvalue weighted by molar-refractivity contribution is 7.91. The molecule has 0 spiro atoms. The Kier molecular flexibility index (Phi) is 3.21. The Morgan fingerprint density at radius 1 is 1.16 bits per heavy atom. The summed E-state index contributed by atoms with van der Waals surface area (Å²) in [7, 11) is -2.99. The van der Waals surface area contributed by atoms with Crippen LogP contribution in [0.3, 0.4) is 0 Å². The molecular weight excluding hydrogens is 260 g/mol. The van der Waals surface area contributed by atoms with Crippen molar-refractivity contribution in [2.45, 2.75) is 31.6 Å². The summed E-state index contributed by atoms with van der Waals surface area (Å²) in [4.78, 5) is 12.4. The van der Waals surface area contributed by atoms with E-state index in [2.05, 4.69) is 6.07 Å². The van der Waals surface area contributed by atoms with E-state index in [9.17, 15) is 13.2 Å². The van der Waals surface area contributed by atoms with Gasteiger partial charge in [0.25, 0.3) is 0 Å². The molecule has 0 aromatic heterocycles. The zero-order valence-corrected chi connectivity index (χ0v) is 11.7. The van der Waals surface area contributed by atoms with E-state index < -0.39 is 9.84 Å². The van der Waals surface area contributed by atoms with E-state index >= 15 is 0 Å². The van der Waals surface area contributed by atoms with Gasteiger partial charge in [0.1, 0.15) is 0 Å². The lowest BCUT2D eigenvalue weighted by Gasteiger charge is -2.26. The highest BCUT2D eigenvalue weighted by atomic mass is 32.2. The Morgan fingerprint density at radius 3 is 2.53 bits per heavy atom. The first-order valence-corrected chi connectivity index (χ1v) is 8.72. The number of benzene rings is 1. The zero-order chi connectivity index (χ0) is 13.5. The average Bonchev–Trinajstić information content (AvgIpc) is 2.67. The Bertz CT molecular complexity index is 600. The molecule has 4 heteroatoms. The normalized spacial score (nSPS) is 26.0. The Labute approximate surface area is 113 Å². The monoisotopic (exact) mass is 278 g/mol. The topological polar surface area (TPSA) is 51.2 Å². The van der Waals surface area contributed by atoms with Crippen LogP contribution in [0, 0.1) is 5.92 Å². The second kappa shape index (κ2) is 4.75. The highest BCUT2D eigenvalue weighted by Gasteiger charge is 2.33. The van der Waals surface area contributed by atoms with E-state index in [1.54, 1.807) is 0 Å². The molecule has 3 rings (SSSR count). The van der Waals surface area contributed by atoms with Crippen molar-refractivity contribution in [3.63, 3.8) is 0 Å². The number of ketones is 1. The van der Waals surface area contributed by atoms with Gasteiger partial charge in [-0.15, -0.1) is 0 Å². The van der Waals surface area contributed by atoms with Gasteiger partial charge in [0, 0.05) is 11.5 Å². The maximum atomic E-state index is 12.4. The molecule has 1 aromatic rings. The minimum Gasteiger partial charge on any atom is -0.294 e. The van der Waals surface area contributed by atoms with Crippen molar-refractivity contribution in [3.05, 3.63) is 35.4 Å². The van der Waals surface area contributed by atoms with Crippen molar-refractivity contribution in [3.8, 4) is 0 Å². The first-order chi connectivity index (χ1) is 9.05. The van der Waals surface area contributed by atoms with E-state index in [-0.39, 0.29) is 23.2 Å². The third-order valence-electron chi connectivity index (χ3n) is 4.35. The quantitative estimate of drug-likeness (QED) is 0.798. The summed E-state index contributed by atoms with van der Waals surface area (Å²) in [6.07, 6.45) is 4.16. The molecule has 1 atom stereocenters. The van der Waals surface area contributed by atoms with Crippen LogP contribution in [0.1, 0.15) is 47.5 Å². The molecule has 1 aliphatic heterocycles. The summed E-state index contributed by atoms with van der Waals surface area (Å²) >= 11 is 0. The number of hydrogen-bond donors (Lipinski definition) is 0. The SMILES string of the molecule is O=C(c1cccc(C2CCC2)c1)C1CCS(=O)(=O)C1. The summed E-state index contributed by atoms with van der Waals surface area (Å²) < 4.78 is 22.9. The molecule has 1 aliphatic carbocycles. The molecule has 0 amide bonds.